The lowest BCUT2D eigenvalue weighted by Crippen LogP contribution is -1.92. The van der Waals surface area contributed by atoms with Crippen LogP contribution < -0.4 is 9.47 Å². The number of nitrogens with zero attached hydrogens (tertiary/aromatic N) is 3. The van der Waals surface area contributed by atoms with E-state index in [0.717, 1.165) is 39.1 Å². The molecular weight excluding hydrogens is 262 g/mol. The number of fused-ring (bicyclic) bond motifs is 2. The summed E-state index contributed by atoms with van der Waals surface area (Å²) in [6, 6.07) is 5.85. The van der Waals surface area contributed by atoms with E-state index in [2.05, 4.69) is 17.0 Å². The number of ether oxygens (including phenoxy) is 2. The predicted molar refractivity (Wildman–Crippen MR) is 71.8 cm³/mol. The molecule has 0 amide bonds. The zero-order chi connectivity index (χ0) is 12.8. The maximum atomic E-state index is 5.38. The Balaban J connectivity index is 1.79. The summed E-state index contributed by atoms with van der Waals surface area (Å²) in [6.07, 6.45) is 2.88. The average molecular weight is 273 g/mol. The first-order valence-corrected chi connectivity index (χ1v) is 6.90. The van der Waals surface area contributed by atoms with Crippen molar-refractivity contribution < 1.29 is 9.47 Å². The van der Waals surface area contributed by atoms with Gasteiger partial charge in [0.05, 0.1) is 11.9 Å². The molecule has 96 valence electrons. The van der Waals surface area contributed by atoms with Crippen LogP contribution in [-0.2, 0) is 6.42 Å². The molecule has 5 nitrogen and oxygen atoms in total. The van der Waals surface area contributed by atoms with Crippen molar-refractivity contribution in [2.24, 2.45) is 0 Å². The molecule has 1 aliphatic heterocycles. The summed E-state index contributed by atoms with van der Waals surface area (Å²) in [4.78, 5) is 5.52. The molecule has 19 heavy (non-hydrogen) atoms. The molecular formula is C13H11N3O2S. The molecule has 0 saturated carbocycles. The van der Waals surface area contributed by atoms with Crippen molar-refractivity contribution >= 4 is 16.3 Å². The minimum absolute atomic E-state index is 0.290. The van der Waals surface area contributed by atoms with Gasteiger partial charge in [0.2, 0.25) is 11.8 Å². The number of hydrogen-bond donors (Lipinski definition) is 0. The fraction of sp³-hybridized carbons (Fsp3) is 0.231. The van der Waals surface area contributed by atoms with Crippen molar-refractivity contribution in [3.8, 4) is 22.8 Å². The van der Waals surface area contributed by atoms with Crippen molar-refractivity contribution in [3.05, 3.63) is 29.4 Å². The lowest BCUT2D eigenvalue weighted by molar-refractivity contribution is 0.174. The molecule has 1 aliphatic rings. The van der Waals surface area contributed by atoms with Crippen molar-refractivity contribution in [1.29, 1.82) is 0 Å². The molecule has 1 aromatic carbocycles. The van der Waals surface area contributed by atoms with Crippen molar-refractivity contribution in [2.45, 2.75) is 13.3 Å². The van der Waals surface area contributed by atoms with E-state index in [-0.39, 0.29) is 0 Å². The van der Waals surface area contributed by atoms with Crippen molar-refractivity contribution in [3.63, 3.8) is 0 Å². The van der Waals surface area contributed by atoms with Crippen LogP contribution in [0, 0.1) is 0 Å². The van der Waals surface area contributed by atoms with E-state index in [1.165, 1.54) is 0 Å². The second-order valence-corrected chi connectivity index (χ2v) is 5.31. The predicted octanol–water partition coefficient (Wildman–Crippen LogP) is 2.75. The van der Waals surface area contributed by atoms with Crippen LogP contribution in [-0.4, -0.2) is 21.4 Å². The number of hydrogen-bond acceptors (Lipinski definition) is 5. The highest BCUT2D eigenvalue weighted by Crippen LogP contribution is 2.35. The first-order valence-electron chi connectivity index (χ1n) is 6.08. The van der Waals surface area contributed by atoms with Gasteiger partial charge in [0.15, 0.2) is 11.5 Å². The fourth-order valence-electron chi connectivity index (χ4n) is 2.08. The second kappa shape index (κ2) is 3.96. The molecule has 0 bridgehead atoms. The third kappa shape index (κ3) is 1.67. The van der Waals surface area contributed by atoms with Gasteiger partial charge in [0.25, 0.3) is 0 Å². The first-order chi connectivity index (χ1) is 9.33. The molecule has 0 N–H and O–H groups in total. The summed E-state index contributed by atoms with van der Waals surface area (Å²) >= 11 is 1.62. The number of aromatic nitrogens is 3. The Bertz CT molecular complexity index is 731. The lowest BCUT2D eigenvalue weighted by Gasteiger charge is -1.98. The van der Waals surface area contributed by atoms with Gasteiger partial charge in [0.1, 0.15) is 5.01 Å². The van der Waals surface area contributed by atoms with Gasteiger partial charge in [-0.15, -0.1) is 0 Å². The maximum Gasteiger partial charge on any atom is 0.231 e. The Hall–Kier alpha value is -2.08. The lowest BCUT2D eigenvalue weighted by atomic mass is 10.1. The molecule has 0 atom stereocenters. The first kappa shape index (κ1) is 10.8. The number of benzene rings is 1. The summed E-state index contributed by atoms with van der Waals surface area (Å²) in [5, 5.41) is 5.56. The van der Waals surface area contributed by atoms with Crippen molar-refractivity contribution in [1.82, 2.24) is 14.6 Å². The summed E-state index contributed by atoms with van der Waals surface area (Å²) < 4.78 is 12.5. The van der Waals surface area contributed by atoms with Gasteiger partial charge in [-0.1, -0.05) is 18.3 Å². The van der Waals surface area contributed by atoms with Gasteiger partial charge in [-0.25, -0.2) is 9.50 Å². The Morgan fingerprint density at radius 2 is 2.21 bits per heavy atom. The van der Waals surface area contributed by atoms with E-state index in [1.54, 1.807) is 11.3 Å². The number of imidazole rings is 1. The van der Waals surface area contributed by atoms with Gasteiger partial charge in [-0.2, -0.15) is 5.10 Å². The van der Waals surface area contributed by atoms with E-state index >= 15 is 0 Å². The zero-order valence-electron chi connectivity index (χ0n) is 10.3. The highest BCUT2D eigenvalue weighted by Gasteiger charge is 2.15. The largest absolute Gasteiger partial charge is 0.454 e. The topological polar surface area (TPSA) is 48.7 Å². The van der Waals surface area contributed by atoms with E-state index in [4.69, 9.17) is 9.47 Å². The maximum absolute atomic E-state index is 5.38. The summed E-state index contributed by atoms with van der Waals surface area (Å²) in [7, 11) is 0. The van der Waals surface area contributed by atoms with Gasteiger partial charge in [-0.3, -0.25) is 0 Å². The Labute approximate surface area is 113 Å². The third-order valence-electron chi connectivity index (χ3n) is 3.06. The van der Waals surface area contributed by atoms with Crippen LogP contribution in [0.5, 0.6) is 11.5 Å². The molecule has 0 fully saturated rings. The molecule has 3 heterocycles. The van der Waals surface area contributed by atoms with E-state index in [1.807, 2.05) is 28.9 Å². The van der Waals surface area contributed by atoms with Gasteiger partial charge in [-0.05, 0) is 24.6 Å². The normalized spacial score (nSPS) is 13.3. The summed E-state index contributed by atoms with van der Waals surface area (Å²) in [6.45, 7) is 2.38. The Morgan fingerprint density at radius 1 is 1.32 bits per heavy atom. The molecule has 0 unspecified atom stereocenters. The molecule has 0 spiro atoms. The standard InChI is InChI=1S/C13H11N3O2S/c1-2-12-15-16-6-9(14-13(16)19-12)8-3-4-10-11(5-8)18-7-17-10/h3-6H,2,7H2,1H3. The van der Waals surface area contributed by atoms with E-state index < -0.39 is 0 Å². The van der Waals surface area contributed by atoms with Crippen LogP contribution in [0.4, 0.5) is 0 Å². The molecule has 0 radical (unpaired) electrons. The van der Waals surface area contributed by atoms with E-state index in [0.29, 0.717) is 6.79 Å². The summed E-state index contributed by atoms with van der Waals surface area (Å²) in [5.74, 6) is 1.56. The Kier molecular flexibility index (Phi) is 2.25. The second-order valence-electron chi connectivity index (χ2n) is 4.27. The van der Waals surface area contributed by atoms with Crippen LogP contribution in [0.3, 0.4) is 0 Å². The van der Waals surface area contributed by atoms with E-state index in [9.17, 15) is 0 Å². The smallest absolute Gasteiger partial charge is 0.231 e. The number of aryl methyl sites for hydroxylation is 1. The Morgan fingerprint density at radius 3 is 3.05 bits per heavy atom. The molecule has 2 aromatic heterocycles. The van der Waals surface area contributed by atoms with Crippen LogP contribution in [0.25, 0.3) is 16.2 Å². The molecule has 0 aliphatic carbocycles. The third-order valence-corrected chi connectivity index (χ3v) is 4.12. The van der Waals surface area contributed by atoms with Crippen molar-refractivity contribution in [2.75, 3.05) is 6.79 Å². The molecule has 4 rings (SSSR count). The minimum Gasteiger partial charge on any atom is -0.454 e. The summed E-state index contributed by atoms with van der Waals surface area (Å²) in [5.41, 5.74) is 1.92. The SMILES string of the molecule is CCc1nn2cc(-c3ccc4c(c3)OCO4)nc2s1. The average Bonchev–Trinajstić information content (AvgIpc) is 3.10. The van der Waals surface area contributed by atoms with Crippen LogP contribution in [0.2, 0.25) is 0 Å². The molecule has 0 saturated heterocycles. The van der Waals surface area contributed by atoms with Gasteiger partial charge >= 0.3 is 0 Å². The minimum atomic E-state index is 0.290. The van der Waals surface area contributed by atoms with Gasteiger partial charge < -0.3 is 9.47 Å². The van der Waals surface area contributed by atoms with Crippen LogP contribution in [0.1, 0.15) is 11.9 Å². The highest BCUT2D eigenvalue weighted by molar-refractivity contribution is 7.16. The highest BCUT2D eigenvalue weighted by atomic mass is 32.1. The monoisotopic (exact) mass is 273 g/mol. The van der Waals surface area contributed by atoms with Gasteiger partial charge in [0, 0.05) is 5.56 Å². The quantitative estimate of drug-likeness (QED) is 0.720. The van der Waals surface area contributed by atoms with Crippen LogP contribution >= 0.6 is 11.3 Å². The molecule has 3 aromatic rings. The fourth-order valence-corrected chi connectivity index (χ4v) is 2.89. The van der Waals surface area contributed by atoms with Crippen LogP contribution in [0.15, 0.2) is 24.4 Å². The molecule has 6 heteroatoms. The number of rotatable bonds is 2. The zero-order valence-corrected chi connectivity index (χ0v) is 11.1.